The van der Waals surface area contributed by atoms with Crippen molar-refractivity contribution in [3.8, 4) is 16.6 Å². The lowest BCUT2D eigenvalue weighted by Gasteiger charge is -2.18. The normalized spacial score (nSPS) is 15.6. The predicted octanol–water partition coefficient (Wildman–Crippen LogP) is 5.14. The van der Waals surface area contributed by atoms with Crippen molar-refractivity contribution in [3.05, 3.63) is 71.9 Å². The number of thiazole rings is 1. The molecule has 4 aromatic rings. The van der Waals surface area contributed by atoms with Gasteiger partial charge >= 0.3 is 0 Å². The molecule has 1 aliphatic heterocycles. The van der Waals surface area contributed by atoms with Gasteiger partial charge in [-0.05, 0) is 36.8 Å². The van der Waals surface area contributed by atoms with Crippen molar-refractivity contribution in [2.75, 3.05) is 24.8 Å². The van der Waals surface area contributed by atoms with Crippen LogP contribution in [0.5, 0.6) is 11.5 Å². The smallest absolute Gasteiger partial charge is 0.235 e. The van der Waals surface area contributed by atoms with E-state index in [1.165, 1.54) is 0 Å². The van der Waals surface area contributed by atoms with Gasteiger partial charge in [-0.1, -0.05) is 42.2 Å². The number of carbonyl (C=O) groups excluding carboxylic acids is 1. The van der Waals surface area contributed by atoms with Crippen LogP contribution in [-0.2, 0) is 4.79 Å². The third-order valence-electron chi connectivity index (χ3n) is 5.32. The van der Waals surface area contributed by atoms with Crippen molar-refractivity contribution >= 4 is 45.0 Å². The summed E-state index contributed by atoms with van der Waals surface area (Å²) < 4.78 is 14.1. The molecule has 0 bridgehead atoms. The van der Waals surface area contributed by atoms with E-state index in [0.717, 1.165) is 32.2 Å². The first kappa shape index (κ1) is 21.5. The van der Waals surface area contributed by atoms with Crippen molar-refractivity contribution in [3.63, 3.8) is 0 Å². The van der Waals surface area contributed by atoms with Gasteiger partial charge in [-0.3, -0.25) is 4.79 Å². The molecule has 0 saturated carbocycles. The molecule has 3 heterocycles. The van der Waals surface area contributed by atoms with Gasteiger partial charge < -0.3 is 14.8 Å². The van der Waals surface area contributed by atoms with Crippen LogP contribution in [0.1, 0.15) is 22.1 Å². The molecule has 9 heteroatoms. The van der Waals surface area contributed by atoms with Crippen LogP contribution in [-0.4, -0.2) is 40.1 Å². The van der Waals surface area contributed by atoms with Crippen molar-refractivity contribution in [1.82, 2.24) is 14.8 Å². The molecule has 0 unspecified atom stereocenters. The quantitative estimate of drug-likeness (QED) is 0.387. The number of anilines is 1. The first-order chi connectivity index (χ1) is 16.1. The number of rotatable bonds is 6. The van der Waals surface area contributed by atoms with Crippen molar-refractivity contribution in [2.45, 2.75) is 12.2 Å². The van der Waals surface area contributed by atoms with Gasteiger partial charge in [-0.2, -0.15) is 9.78 Å². The number of thioether (sulfide) groups is 1. The number of para-hydroxylation sites is 1. The number of amides is 1. The lowest BCUT2D eigenvalue weighted by Crippen LogP contribution is -2.15. The number of hydrogen-bond donors (Lipinski definition) is 1. The zero-order valence-corrected chi connectivity index (χ0v) is 19.8. The van der Waals surface area contributed by atoms with Crippen LogP contribution in [0.25, 0.3) is 15.3 Å². The second kappa shape index (κ2) is 8.92. The summed E-state index contributed by atoms with van der Waals surface area (Å²) in [7, 11) is 1.62. The number of ether oxygens (including phenoxy) is 2. The van der Waals surface area contributed by atoms with E-state index in [0.29, 0.717) is 29.7 Å². The number of aromatic nitrogens is 3. The van der Waals surface area contributed by atoms with Gasteiger partial charge in [0.1, 0.15) is 12.4 Å². The number of methoxy groups -OCH3 is 1. The van der Waals surface area contributed by atoms with E-state index in [1.807, 2.05) is 49.4 Å². The first-order valence-corrected chi connectivity index (χ1v) is 12.2. The first-order valence-electron chi connectivity index (χ1n) is 10.4. The maximum atomic E-state index is 12.6. The van der Waals surface area contributed by atoms with E-state index in [2.05, 4.69) is 11.9 Å². The summed E-state index contributed by atoms with van der Waals surface area (Å²) in [5.74, 6) is 2.21. The number of fused-ring (bicyclic) bond motifs is 2. The van der Waals surface area contributed by atoms with Gasteiger partial charge in [0, 0.05) is 5.56 Å². The Hall–Kier alpha value is -3.30. The van der Waals surface area contributed by atoms with Gasteiger partial charge in [0.25, 0.3) is 0 Å². The average Bonchev–Trinajstić information content (AvgIpc) is 3.34. The molecule has 5 rings (SSSR count). The van der Waals surface area contributed by atoms with Crippen molar-refractivity contribution in [1.29, 1.82) is 0 Å². The highest BCUT2D eigenvalue weighted by Gasteiger charge is 2.31. The Balaban J connectivity index is 1.61. The number of benzene rings is 2. The van der Waals surface area contributed by atoms with Gasteiger partial charge in [0.15, 0.2) is 11.5 Å². The highest BCUT2D eigenvalue weighted by molar-refractivity contribution is 8.00. The predicted molar refractivity (Wildman–Crippen MR) is 133 cm³/mol. The molecule has 0 saturated heterocycles. The number of aryl methyl sites for hydroxylation is 1. The summed E-state index contributed by atoms with van der Waals surface area (Å²) >= 11 is 3.11. The minimum absolute atomic E-state index is 0.0658. The summed E-state index contributed by atoms with van der Waals surface area (Å²) in [5.41, 5.74) is 3.72. The van der Waals surface area contributed by atoms with E-state index in [9.17, 15) is 4.79 Å². The lowest BCUT2D eigenvalue weighted by atomic mass is 10.0. The Labute approximate surface area is 199 Å². The lowest BCUT2D eigenvalue weighted by molar-refractivity contribution is -0.113. The standard InChI is InChI=1S/C24H22N4O3S2/c1-4-11-31-17-10-9-15(12-18(17)30-3)22-21-14(2)27-28(23(21)26-20(29)13-32-22)24-25-16-7-5-6-8-19(16)33-24/h4-10,12,22H,1,11,13H2,2-3H3,(H,26,29)/t22-/m1/s1. The number of carbonyl (C=O) groups is 1. The number of nitrogens with one attached hydrogen (secondary N) is 1. The summed E-state index contributed by atoms with van der Waals surface area (Å²) in [6.07, 6.45) is 1.69. The second-order valence-corrected chi connectivity index (χ2v) is 9.58. The summed E-state index contributed by atoms with van der Waals surface area (Å²) in [6.45, 7) is 6.05. The molecule has 0 fully saturated rings. The van der Waals surface area contributed by atoms with Crippen LogP contribution in [0.4, 0.5) is 5.82 Å². The molecule has 2 aromatic carbocycles. The summed E-state index contributed by atoms with van der Waals surface area (Å²) in [4.78, 5) is 17.4. The average molecular weight is 479 g/mol. The van der Waals surface area contributed by atoms with E-state index in [1.54, 1.807) is 41.0 Å². The maximum Gasteiger partial charge on any atom is 0.235 e. The molecule has 1 N–H and O–H groups in total. The molecule has 0 radical (unpaired) electrons. The Morgan fingerprint density at radius 2 is 2.12 bits per heavy atom. The van der Waals surface area contributed by atoms with Crippen LogP contribution < -0.4 is 14.8 Å². The molecule has 0 aliphatic carbocycles. The van der Waals surface area contributed by atoms with Gasteiger partial charge in [0.05, 0.1) is 34.0 Å². The molecule has 1 amide bonds. The largest absolute Gasteiger partial charge is 0.493 e. The molecule has 2 aromatic heterocycles. The fourth-order valence-electron chi connectivity index (χ4n) is 3.85. The Bertz CT molecular complexity index is 1330. The van der Waals surface area contributed by atoms with Gasteiger partial charge in [0.2, 0.25) is 11.0 Å². The SMILES string of the molecule is C=CCOc1ccc([C@H]2SCC(=O)Nc3c2c(C)nn3-c2nc3ccccc3s2)cc1OC. The Kier molecular flexibility index (Phi) is 5.82. The van der Waals surface area contributed by atoms with Crippen LogP contribution in [0.2, 0.25) is 0 Å². The van der Waals surface area contributed by atoms with Crippen molar-refractivity contribution in [2.24, 2.45) is 0 Å². The molecule has 0 spiro atoms. The van der Waals surface area contributed by atoms with E-state index in [-0.39, 0.29) is 11.2 Å². The van der Waals surface area contributed by atoms with E-state index < -0.39 is 0 Å². The van der Waals surface area contributed by atoms with E-state index in [4.69, 9.17) is 19.6 Å². The highest BCUT2D eigenvalue weighted by Crippen LogP contribution is 2.46. The van der Waals surface area contributed by atoms with Gasteiger partial charge in [-0.15, -0.1) is 11.8 Å². The maximum absolute atomic E-state index is 12.6. The Morgan fingerprint density at radius 3 is 2.91 bits per heavy atom. The molecular formula is C24H22N4O3S2. The highest BCUT2D eigenvalue weighted by atomic mass is 32.2. The Morgan fingerprint density at radius 1 is 1.27 bits per heavy atom. The second-order valence-electron chi connectivity index (χ2n) is 7.47. The zero-order chi connectivity index (χ0) is 22.9. The molecule has 168 valence electrons. The fraction of sp³-hybridized carbons (Fsp3) is 0.208. The molecule has 33 heavy (non-hydrogen) atoms. The summed E-state index contributed by atoms with van der Waals surface area (Å²) in [6, 6.07) is 13.8. The fourth-order valence-corrected chi connectivity index (χ4v) is 5.95. The van der Waals surface area contributed by atoms with Crippen molar-refractivity contribution < 1.29 is 14.3 Å². The van der Waals surface area contributed by atoms with Crippen LogP contribution >= 0.6 is 23.1 Å². The molecular weight excluding hydrogens is 456 g/mol. The van der Waals surface area contributed by atoms with Crippen LogP contribution in [0, 0.1) is 6.92 Å². The third kappa shape index (κ3) is 3.98. The summed E-state index contributed by atoms with van der Waals surface area (Å²) in [5, 5.41) is 8.46. The topological polar surface area (TPSA) is 78.3 Å². The number of nitrogens with zero attached hydrogens (tertiary/aromatic N) is 3. The van der Waals surface area contributed by atoms with Crippen LogP contribution in [0.15, 0.2) is 55.1 Å². The molecule has 1 atom stereocenters. The minimum atomic E-state index is -0.107. The minimum Gasteiger partial charge on any atom is -0.493 e. The third-order valence-corrected chi connectivity index (χ3v) is 7.60. The molecule has 7 nitrogen and oxygen atoms in total. The van der Waals surface area contributed by atoms with Gasteiger partial charge in [-0.25, -0.2) is 4.98 Å². The van der Waals surface area contributed by atoms with Crippen LogP contribution in [0.3, 0.4) is 0 Å². The monoisotopic (exact) mass is 478 g/mol. The number of hydrogen-bond acceptors (Lipinski definition) is 7. The van der Waals surface area contributed by atoms with E-state index >= 15 is 0 Å². The molecule has 1 aliphatic rings. The zero-order valence-electron chi connectivity index (χ0n) is 18.2.